The standard InChI is InChI=1S/C31H36N2O6/c1-22(2)19-33(20-28(38-3)30(36)39-21-24-10-6-4-7-11-24)31(37)32-27(29(34)35)18-23-14-16-26(17-15-23)25-12-8-5-9-13-25/h4-17,22,27-28H,18-21H2,1-3H3,(H,32,37)(H,34,35)/t27-,28-/m0/s1. The average Bonchev–Trinajstić information content (AvgIpc) is 2.94. The average molecular weight is 533 g/mol. The highest BCUT2D eigenvalue weighted by Gasteiger charge is 2.29. The fourth-order valence-electron chi connectivity index (χ4n) is 4.09. The Balaban J connectivity index is 1.65. The molecule has 0 saturated carbocycles. The first-order valence-corrected chi connectivity index (χ1v) is 12.9. The molecule has 0 aliphatic rings. The van der Waals surface area contributed by atoms with Gasteiger partial charge in [-0.3, -0.25) is 0 Å². The van der Waals surface area contributed by atoms with Gasteiger partial charge in [0, 0.05) is 20.1 Å². The van der Waals surface area contributed by atoms with Crippen LogP contribution in [0.1, 0.15) is 25.0 Å². The van der Waals surface area contributed by atoms with Gasteiger partial charge in [-0.05, 0) is 28.2 Å². The second kappa shape index (κ2) is 14.7. The number of aliphatic carboxylic acids is 1. The monoisotopic (exact) mass is 532 g/mol. The number of carboxylic acid groups (broad SMARTS) is 1. The van der Waals surface area contributed by atoms with Crippen molar-refractivity contribution >= 4 is 18.0 Å². The highest BCUT2D eigenvalue weighted by molar-refractivity contribution is 5.83. The molecule has 0 aromatic heterocycles. The number of amides is 2. The number of nitrogens with one attached hydrogen (secondary N) is 1. The molecular weight excluding hydrogens is 496 g/mol. The fourth-order valence-corrected chi connectivity index (χ4v) is 4.09. The smallest absolute Gasteiger partial charge is 0.337 e. The number of urea groups is 1. The molecule has 8 heteroatoms. The van der Waals surface area contributed by atoms with Crippen LogP contribution in [0.2, 0.25) is 0 Å². The highest BCUT2D eigenvalue weighted by Crippen LogP contribution is 2.20. The SMILES string of the molecule is CO[C@@H](CN(CC(C)C)C(=O)N[C@@H](Cc1ccc(-c2ccccc2)cc1)C(=O)O)C(=O)OCc1ccccc1. The van der Waals surface area contributed by atoms with E-state index in [9.17, 15) is 19.5 Å². The van der Waals surface area contributed by atoms with Crippen LogP contribution in [0.25, 0.3) is 11.1 Å². The number of carbonyl (C=O) groups excluding carboxylic acids is 2. The maximum Gasteiger partial charge on any atom is 0.337 e. The van der Waals surface area contributed by atoms with Crippen LogP contribution in [-0.4, -0.2) is 60.3 Å². The number of carboxylic acids is 1. The quantitative estimate of drug-likeness (QED) is 0.307. The number of hydrogen-bond donors (Lipinski definition) is 2. The van der Waals surface area contributed by atoms with Crippen molar-refractivity contribution in [2.24, 2.45) is 5.92 Å². The molecular formula is C31H36N2O6. The zero-order chi connectivity index (χ0) is 28.2. The summed E-state index contributed by atoms with van der Waals surface area (Å²) in [5.74, 6) is -1.68. The molecule has 0 spiro atoms. The molecule has 0 bridgehead atoms. The van der Waals surface area contributed by atoms with Gasteiger partial charge in [-0.25, -0.2) is 14.4 Å². The van der Waals surface area contributed by atoms with E-state index in [1.165, 1.54) is 12.0 Å². The summed E-state index contributed by atoms with van der Waals surface area (Å²) in [6, 6.07) is 25.0. The lowest BCUT2D eigenvalue weighted by atomic mass is 10.0. The van der Waals surface area contributed by atoms with E-state index in [2.05, 4.69) is 5.32 Å². The van der Waals surface area contributed by atoms with Crippen molar-refractivity contribution in [3.63, 3.8) is 0 Å². The van der Waals surface area contributed by atoms with Gasteiger partial charge in [-0.15, -0.1) is 0 Å². The van der Waals surface area contributed by atoms with E-state index < -0.39 is 30.1 Å². The molecule has 3 aromatic carbocycles. The second-order valence-electron chi connectivity index (χ2n) is 9.72. The van der Waals surface area contributed by atoms with Crippen LogP contribution in [0.3, 0.4) is 0 Å². The Kier molecular flexibility index (Phi) is 11.1. The van der Waals surface area contributed by atoms with E-state index in [-0.39, 0.29) is 25.5 Å². The molecule has 0 aliphatic carbocycles. The predicted octanol–water partition coefficient (Wildman–Crippen LogP) is 4.78. The molecule has 0 aliphatic heterocycles. The van der Waals surface area contributed by atoms with Crippen LogP contribution < -0.4 is 5.32 Å². The minimum atomic E-state index is -1.15. The maximum absolute atomic E-state index is 13.2. The van der Waals surface area contributed by atoms with Crippen molar-refractivity contribution in [3.05, 3.63) is 96.1 Å². The molecule has 0 heterocycles. The molecule has 3 aromatic rings. The highest BCUT2D eigenvalue weighted by atomic mass is 16.6. The molecule has 206 valence electrons. The van der Waals surface area contributed by atoms with Crippen molar-refractivity contribution in [1.82, 2.24) is 10.2 Å². The van der Waals surface area contributed by atoms with Crippen LogP contribution >= 0.6 is 0 Å². The topological polar surface area (TPSA) is 105 Å². The van der Waals surface area contributed by atoms with Gasteiger partial charge in [0.15, 0.2) is 6.10 Å². The summed E-state index contributed by atoms with van der Waals surface area (Å²) in [5.41, 5.74) is 3.69. The molecule has 0 saturated heterocycles. The number of methoxy groups -OCH3 is 1. The number of hydrogen-bond acceptors (Lipinski definition) is 5. The molecule has 0 radical (unpaired) electrons. The van der Waals surface area contributed by atoms with Gasteiger partial charge in [0.1, 0.15) is 12.6 Å². The summed E-state index contributed by atoms with van der Waals surface area (Å²) >= 11 is 0. The zero-order valence-corrected chi connectivity index (χ0v) is 22.6. The first kappa shape index (κ1) is 29.4. The van der Waals surface area contributed by atoms with E-state index in [1.807, 2.05) is 98.8 Å². The van der Waals surface area contributed by atoms with Gasteiger partial charge in [0.2, 0.25) is 0 Å². The molecule has 2 N–H and O–H groups in total. The minimum Gasteiger partial charge on any atom is -0.480 e. The predicted molar refractivity (Wildman–Crippen MR) is 149 cm³/mol. The molecule has 3 rings (SSSR count). The largest absolute Gasteiger partial charge is 0.480 e. The van der Waals surface area contributed by atoms with Crippen molar-refractivity contribution < 1.29 is 29.0 Å². The lowest BCUT2D eigenvalue weighted by Gasteiger charge is -2.29. The third-order valence-corrected chi connectivity index (χ3v) is 6.13. The van der Waals surface area contributed by atoms with E-state index in [1.54, 1.807) is 0 Å². The van der Waals surface area contributed by atoms with Crippen molar-refractivity contribution in [2.75, 3.05) is 20.2 Å². The number of rotatable bonds is 13. The van der Waals surface area contributed by atoms with E-state index >= 15 is 0 Å². The summed E-state index contributed by atoms with van der Waals surface area (Å²) in [6.45, 7) is 4.17. The second-order valence-corrected chi connectivity index (χ2v) is 9.72. The Morgan fingerprint density at radius 3 is 1.97 bits per heavy atom. The Morgan fingerprint density at radius 2 is 1.41 bits per heavy atom. The van der Waals surface area contributed by atoms with Gasteiger partial charge in [0.25, 0.3) is 0 Å². The van der Waals surface area contributed by atoms with E-state index in [0.29, 0.717) is 6.54 Å². The molecule has 0 fully saturated rings. The normalized spacial score (nSPS) is 12.4. The van der Waals surface area contributed by atoms with Gasteiger partial charge in [-0.1, -0.05) is 98.8 Å². The summed E-state index contributed by atoms with van der Waals surface area (Å²) in [6.07, 6.45) is -0.912. The lowest BCUT2D eigenvalue weighted by molar-refractivity contribution is -0.157. The summed E-state index contributed by atoms with van der Waals surface area (Å²) in [7, 11) is 1.37. The summed E-state index contributed by atoms with van der Waals surface area (Å²) in [4.78, 5) is 39.4. The molecule has 0 unspecified atom stereocenters. The third kappa shape index (κ3) is 9.26. The summed E-state index contributed by atoms with van der Waals surface area (Å²) in [5, 5.41) is 12.5. The molecule has 2 atom stereocenters. The molecule has 39 heavy (non-hydrogen) atoms. The van der Waals surface area contributed by atoms with Gasteiger partial charge in [0.05, 0.1) is 6.54 Å². The number of ether oxygens (including phenoxy) is 2. The van der Waals surface area contributed by atoms with Crippen molar-refractivity contribution in [3.8, 4) is 11.1 Å². The third-order valence-electron chi connectivity index (χ3n) is 6.13. The van der Waals surface area contributed by atoms with Crippen LogP contribution in [0.15, 0.2) is 84.9 Å². The Bertz CT molecular complexity index is 1200. The number of nitrogens with zero attached hydrogens (tertiary/aromatic N) is 1. The van der Waals surface area contributed by atoms with Crippen LogP contribution in [0, 0.1) is 5.92 Å². The minimum absolute atomic E-state index is 0.0717. The van der Waals surface area contributed by atoms with Crippen molar-refractivity contribution in [1.29, 1.82) is 0 Å². The fraction of sp³-hybridized carbons (Fsp3) is 0.323. The summed E-state index contributed by atoms with van der Waals surface area (Å²) < 4.78 is 10.7. The Hall–Kier alpha value is -4.17. The number of carbonyl (C=O) groups is 3. The molecule has 8 nitrogen and oxygen atoms in total. The number of esters is 1. The maximum atomic E-state index is 13.2. The zero-order valence-electron chi connectivity index (χ0n) is 22.6. The van der Waals surface area contributed by atoms with Crippen LogP contribution in [0.5, 0.6) is 0 Å². The first-order chi connectivity index (χ1) is 18.8. The van der Waals surface area contributed by atoms with Crippen molar-refractivity contribution in [2.45, 2.75) is 39.0 Å². The molecule has 2 amide bonds. The Morgan fingerprint density at radius 1 is 0.821 bits per heavy atom. The van der Waals surface area contributed by atoms with Crippen LogP contribution in [0.4, 0.5) is 4.79 Å². The first-order valence-electron chi connectivity index (χ1n) is 12.9. The van der Waals surface area contributed by atoms with Gasteiger partial charge < -0.3 is 24.8 Å². The lowest BCUT2D eigenvalue weighted by Crippen LogP contribution is -2.52. The van der Waals surface area contributed by atoms with E-state index in [4.69, 9.17) is 9.47 Å². The number of benzene rings is 3. The Labute approximate surface area is 229 Å². The van der Waals surface area contributed by atoms with Crippen LogP contribution in [-0.2, 0) is 32.1 Å². The van der Waals surface area contributed by atoms with Gasteiger partial charge in [-0.2, -0.15) is 0 Å². The van der Waals surface area contributed by atoms with Gasteiger partial charge >= 0.3 is 18.0 Å². The van der Waals surface area contributed by atoms with E-state index in [0.717, 1.165) is 22.3 Å².